The Bertz CT molecular complexity index is 429. The van der Waals surface area contributed by atoms with E-state index in [4.69, 9.17) is 0 Å². The predicted molar refractivity (Wildman–Crippen MR) is 72.0 cm³/mol. The topological polar surface area (TPSA) is 40.6 Å². The van der Waals surface area contributed by atoms with Crippen LogP contribution in [0.5, 0.6) is 0 Å². The lowest BCUT2D eigenvalue weighted by molar-refractivity contribution is -0.117. The average molecular weight is 250 g/mol. The molecule has 0 saturated heterocycles. The molecule has 0 aromatic carbocycles. The molecular formula is C14H22N2O2. The van der Waals surface area contributed by atoms with Crippen LogP contribution in [0.3, 0.4) is 0 Å². The van der Waals surface area contributed by atoms with E-state index in [2.05, 4.69) is 0 Å². The van der Waals surface area contributed by atoms with Crippen LogP contribution in [-0.2, 0) is 9.59 Å². The molecule has 1 aliphatic carbocycles. The highest BCUT2D eigenvalue weighted by atomic mass is 16.1. The maximum atomic E-state index is 12.4. The van der Waals surface area contributed by atoms with Crippen molar-refractivity contribution in [3.05, 3.63) is 23.0 Å². The normalized spacial score (nSPS) is 16.3. The highest BCUT2D eigenvalue weighted by Gasteiger charge is 2.30. The maximum absolute atomic E-state index is 12.4. The van der Waals surface area contributed by atoms with E-state index >= 15 is 0 Å². The molecule has 0 heterocycles. The summed E-state index contributed by atoms with van der Waals surface area (Å²) in [6.07, 6.45) is 2.06. The second-order valence-electron chi connectivity index (χ2n) is 5.44. The van der Waals surface area contributed by atoms with Gasteiger partial charge in [0, 0.05) is 39.8 Å². The minimum atomic E-state index is -0.0843. The molecule has 1 aliphatic rings. The van der Waals surface area contributed by atoms with Crippen molar-refractivity contribution in [1.82, 2.24) is 9.80 Å². The Morgan fingerprint density at radius 3 is 2.00 bits per heavy atom. The number of hydrogen-bond donors (Lipinski definition) is 0. The van der Waals surface area contributed by atoms with Crippen molar-refractivity contribution in [3.8, 4) is 0 Å². The molecule has 0 aromatic rings. The number of ketones is 2. The van der Waals surface area contributed by atoms with Gasteiger partial charge < -0.3 is 9.80 Å². The van der Waals surface area contributed by atoms with Crippen molar-refractivity contribution in [2.75, 3.05) is 28.2 Å². The summed E-state index contributed by atoms with van der Waals surface area (Å²) >= 11 is 0. The van der Waals surface area contributed by atoms with Gasteiger partial charge in [-0.15, -0.1) is 0 Å². The summed E-state index contributed by atoms with van der Waals surface area (Å²) in [6.45, 7) is 4.09. The molecular weight excluding hydrogens is 228 g/mol. The van der Waals surface area contributed by atoms with Crippen LogP contribution in [-0.4, -0.2) is 49.6 Å². The Balaban J connectivity index is 3.28. The van der Waals surface area contributed by atoms with Crippen LogP contribution in [0.15, 0.2) is 23.0 Å². The first kappa shape index (κ1) is 14.5. The molecule has 18 heavy (non-hydrogen) atoms. The molecule has 0 N–H and O–H groups in total. The van der Waals surface area contributed by atoms with Gasteiger partial charge >= 0.3 is 0 Å². The number of rotatable bonds is 4. The third kappa shape index (κ3) is 2.81. The zero-order valence-electron chi connectivity index (χ0n) is 12.1. The van der Waals surface area contributed by atoms with E-state index in [0.29, 0.717) is 29.3 Å². The second-order valence-corrected chi connectivity index (χ2v) is 5.44. The second kappa shape index (κ2) is 5.38. The van der Waals surface area contributed by atoms with Gasteiger partial charge in [0.1, 0.15) is 0 Å². The van der Waals surface area contributed by atoms with Crippen LogP contribution in [0.4, 0.5) is 0 Å². The molecule has 0 fully saturated rings. The Hall–Kier alpha value is -1.58. The summed E-state index contributed by atoms with van der Waals surface area (Å²) in [5, 5.41) is 0. The van der Waals surface area contributed by atoms with Crippen molar-refractivity contribution in [2.24, 2.45) is 5.92 Å². The van der Waals surface area contributed by atoms with Gasteiger partial charge in [0.15, 0.2) is 0 Å². The van der Waals surface area contributed by atoms with Gasteiger partial charge in [-0.25, -0.2) is 0 Å². The number of allylic oxidation sites excluding steroid dienone is 2. The van der Waals surface area contributed by atoms with Gasteiger partial charge in [0.25, 0.3) is 0 Å². The third-order valence-corrected chi connectivity index (χ3v) is 2.84. The molecule has 0 radical (unpaired) electrons. The SMILES string of the molecule is CC(C)CC1=C(N(C)C)C(=O)C=C(N(C)C)C1=O. The highest BCUT2D eigenvalue weighted by Crippen LogP contribution is 2.26. The monoisotopic (exact) mass is 250 g/mol. The van der Waals surface area contributed by atoms with Crippen molar-refractivity contribution in [3.63, 3.8) is 0 Å². The van der Waals surface area contributed by atoms with Crippen LogP contribution >= 0.6 is 0 Å². The Labute approximate surface area is 109 Å². The molecule has 0 aromatic heterocycles. The highest BCUT2D eigenvalue weighted by molar-refractivity contribution is 6.22. The van der Waals surface area contributed by atoms with E-state index in [1.165, 1.54) is 6.08 Å². The zero-order chi connectivity index (χ0) is 14.0. The maximum Gasteiger partial charge on any atom is 0.207 e. The zero-order valence-corrected chi connectivity index (χ0v) is 12.1. The fourth-order valence-electron chi connectivity index (χ4n) is 2.09. The van der Waals surface area contributed by atoms with E-state index in [1.54, 1.807) is 38.0 Å². The van der Waals surface area contributed by atoms with Crippen LogP contribution in [0, 0.1) is 5.92 Å². The minimum Gasteiger partial charge on any atom is -0.374 e. The smallest absolute Gasteiger partial charge is 0.207 e. The fraction of sp³-hybridized carbons (Fsp3) is 0.571. The lowest BCUT2D eigenvalue weighted by Crippen LogP contribution is -2.32. The van der Waals surface area contributed by atoms with Crippen molar-refractivity contribution >= 4 is 11.6 Å². The molecule has 0 aliphatic heterocycles. The number of carbonyl (C=O) groups excluding carboxylic acids is 2. The molecule has 4 nitrogen and oxygen atoms in total. The molecule has 0 unspecified atom stereocenters. The van der Waals surface area contributed by atoms with E-state index in [1.807, 2.05) is 13.8 Å². The lowest BCUT2D eigenvalue weighted by atomic mass is 9.90. The van der Waals surface area contributed by atoms with Crippen LogP contribution in [0.1, 0.15) is 20.3 Å². The van der Waals surface area contributed by atoms with Crippen molar-refractivity contribution < 1.29 is 9.59 Å². The summed E-state index contributed by atoms with van der Waals surface area (Å²) in [6, 6.07) is 0. The van der Waals surface area contributed by atoms with Gasteiger partial charge in [-0.3, -0.25) is 9.59 Å². The van der Waals surface area contributed by atoms with Crippen LogP contribution in [0.2, 0.25) is 0 Å². The molecule has 0 spiro atoms. The number of Topliss-reactive ketones (excluding diaryl/α,β-unsaturated/α-hetero) is 1. The fourth-order valence-corrected chi connectivity index (χ4v) is 2.09. The molecule has 1 rings (SSSR count). The first-order chi connectivity index (χ1) is 8.25. The number of nitrogens with zero attached hydrogens (tertiary/aromatic N) is 2. The van der Waals surface area contributed by atoms with Gasteiger partial charge in [-0.05, 0) is 12.3 Å². The van der Waals surface area contributed by atoms with E-state index in [9.17, 15) is 9.59 Å². The summed E-state index contributed by atoms with van der Waals surface area (Å²) in [4.78, 5) is 28.0. The number of hydrogen-bond acceptors (Lipinski definition) is 4. The first-order valence-electron chi connectivity index (χ1n) is 6.14. The number of likely N-dealkylation sites (N-methyl/N-ethyl adjacent to an activating group) is 2. The average Bonchev–Trinajstić information content (AvgIpc) is 2.21. The molecule has 4 heteroatoms. The van der Waals surface area contributed by atoms with Crippen molar-refractivity contribution in [2.45, 2.75) is 20.3 Å². The van der Waals surface area contributed by atoms with Gasteiger partial charge in [0.2, 0.25) is 11.6 Å². The molecule has 0 bridgehead atoms. The standard InChI is InChI=1S/C14H22N2O2/c1-9(2)7-10-13(16(5)6)12(17)8-11(14(10)18)15(3)4/h8-9H,7H2,1-6H3. The lowest BCUT2D eigenvalue weighted by Gasteiger charge is -2.27. The molecule has 0 saturated carbocycles. The third-order valence-electron chi connectivity index (χ3n) is 2.84. The quantitative estimate of drug-likeness (QED) is 0.708. The first-order valence-corrected chi connectivity index (χ1v) is 6.14. The number of carbonyl (C=O) groups is 2. The largest absolute Gasteiger partial charge is 0.374 e. The Kier molecular flexibility index (Phi) is 4.33. The summed E-state index contributed by atoms with van der Waals surface area (Å²) in [5.41, 5.74) is 1.63. The summed E-state index contributed by atoms with van der Waals surface area (Å²) in [7, 11) is 7.17. The summed E-state index contributed by atoms with van der Waals surface area (Å²) < 4.78 is 0. The Morgan fingerprint density at radius 2 is 1.61 bits per heavy atom. The molecule has 0 amide bonds. The van der Waals surface area contributed by atoms with Gasteiger partial charge in [-0.1, -0.05) is 13.8 Å². The van der Waals surface area contributed by atoms with Gasteiger partial charge in [-0.2, -0.15) is 0 Å². The van der Waals surface area contributed by atoms with E-state index in [-0.39, 0.29) is 11.6 Å². The van der Waals surface area contributed by atoms with Crippen LogP contribution in [0.25, 0.3) is 0 Å². The minimum absolute atomic E-state index is 0.0306. The Morgan fingerprint density at radius 1 is 1.06 bits per heavy atom. The predicted octanol–water partition coefficient (Wildman–Crippen LogP) is 1.45. The summed E-state index contributed by atoms with van der Waals surface area (Å²) in [5.74, 6) is 0.226. The van der Waals surface area contributed by atoms with E-state index in [0.717, 1.165) is 0 Å². The van der Waals surface area contributed by atoms with Crippen molar-refractivity contribution in [1.29, 1.82) is 0 Å². The molecule has 100 valence electrons. The molecule has 0 atom stereocenters. The van der Waals surface area contributed by atoms with Crippen LogP contribution < -0.4 is 0 Å². The van der Waals surface area contributed by atoms with Gasteiger partial charge in [0.05, 0.1) is 11.4 Å². The van der Waals surface area contributed by atoms with E-state index < -0.39 is 0 Å².